The van der Waals surface area contributed by atoms with Gasteiger partial charge in [0.05, 0.1) is 44.5 Å². The van der Waals surface area contributed by atoms with Crippen LogP contribution >= 0.6 is 0 Å². The van der Waals surface area contributed by atoms with Crippen molar-refractivity contribution in [3.8, 4) is 51.0 Å². The number of hydrogen-bond acceptors (Lipinski definition) is 2. The minimum atomic E-state index is 0.655. The Bertz CT molecular complexity index is 3620. The number of aromatic nitrogens is 5. The summed E-state index contributed by atoms with van der Waals surface area (Å²) in [5, 5.41) is 7.34. The smallest absolute Gasteiger partial charge is 0.160 e. The first-order chi connectivity index (χ1) is 31.2. The summed E-state index contributed by atoms with van der Waals surface area (Å²) >= 11 is 0. The maximum Gasteiger partial charge on any atom is 0.160 e. The monoisotopic (exact) mass is 803 g/mol. The highest BCUT2D eigenvalue weighted by Gasteiger charge is 2.20. The minimum absolute atomic E-state index is 0.655. The van der Waals surface area contributed by atoms with E-state index >= 15 is 0 Å². The van der Waals surface area contributed by atoms with Crippen molar-refractivity contribution in [3.63, 3.8) is 0 Å². The van der Waals surface area contributed by atoms with Crippen molar-refractivity contribution in [1.29, 1.82) is 0 Å². The molecule has 0 bridgehead atoms. The normalized spacial score (nSPS) is 11.8. The molecular formula is C58H37N5. The lowest BCUT2D eigenvalue weighted by atomic mass is 10.1. The van der Waals surface area contributed by atoms with E-state index in [1.165, 1.54) is 43.4 Å². The lowest BCUT2D eigenvalue weighted by Crippen LogP contribution is -2.02. The first-order valence-corrected chi connectivity index (χ1v) is 21.4. The molecule has 0 aliphatic heterocycles. The van der Waals surface area contributed by atoms with Crippen molar-refractivity contribution in [2.45, 2.75) is 0 Å². The van der Waals surface area contributed by atoms with E-state index < -0.39 is 0 Å². The summed E-state index contributed by atoms with van der Waals surface area (Å²) in [4.78, 5) is 10.8. The van der Waals surface area contributed by atoms with Gasteiger partial charge in [-0.05, 0) is 72.8 Å². The average Bonchev–Trinajstić information content (AvgIpc) is 4.00. The lowest BCUT2D eigenvalue weighted by molar-refractivity contribution is 1.12. The predicted octanol–water partition coefficient (Wildman–Crippen LogP) is 14.8. The van der Waals surface area contributed by atoms with E-state index in [1.54, 1.807) is 0 Å². The molecule has 4 aromatic heterocycles. The van der Waals surface area contributed by atoms with E-state index in [0.29, 0.717) is 5.82 Å². The molecule has 0 radical (unpaired) electrons. The second kappa shape index (κ2) is 14.0. The van der Waals surface area contributed by atoms with Gasteiger partial charge in [0.25, 0.3) is 0 Å². The first kappa shape index (κ1) is 35.2. The summed E-state index contributed by atoms with van der Waals surface area (Å²) in [6.45, 7) is 0. The number of nitrogens with zero attached hydrogens (tertiary/aromatic N) is 5. The van der Waals surface area contributed by atoms with E-state index in [1.807, 2.05) is 6.07 Å². The second-order valence-electron chi connectivity index (χ2n) is 16.2. The number of para-hydroxylation sites is 6. The number of hydrogen-bond donors (Lipinski definition) is 0. The van der Waals surface area contributed by atoms with Crippen molar-refractivity contribution in [2.75, 3.05) is 0 Å². The van der Waals surface area contributed by atoms with Gasteiger partial charge in [-0.1, -0.05) is 152 Å². The molecule has 9 aromatic carbocycles. The van der Waals surface area contributed by atoms with Crippen LogP contribution in [0.3, 0.4) is 0 Å². The van der Waals surface area contributed by atoms with Crippen LogP contribution in [0.1, 0.15) is 0 Å². The van der Waals surface area contributed by atoms with Gasteiger partial charge < -0.3 is 13.7 Å². The van der Waals surface area contributed by atoms with Crippen LogP contribution in [0.15, 0.2) is 224 Å². The van der Waals surface area contributed by atoms with Crippen LogP contribution in [0, 0.1) is 0 Å². The SMILES string of the molecule is c1ccc(-c2cc(-c3ccc(-n4c5ccccc5c5ccccc54)cc3)nc(-c3cc(-n4c5ccccc5c5ccccc54)cc(-n4c5ccccc5c5ccccc54)c3)n2)cc1. The molecule has 0 atom stereocenters. The molecule has 63 heavy (non-hydrogen) atoms. The molecule has 0 saturated heterocycles. The third-order valence-electron chi connectivity index (χ3n) is 12.6. The summed E-state index contributed by atoms with van der Waals surface area (Å²) in [5.74, 6) is 0.655. The van der Waals surface area contributed by atoms with Gasteiger partial charge in [-0.2, -0.15) is 0 Å². The van der Waals surface area contributed by atoms with Crippen molar-refractivity contribution in [2.24, 2.45) is 0 Å². The van der Waals surface area contributed by atoms with Crippen LogP contribution in [-0.2, 0) is 0 Å². The van der Waals surface area contributed by atoms with Gasteiger partial charge in [-0.25, -0.2) is 9.97 Å². The Morgan fingerprint density at radius 3 is 0.937 bits per heavy atom. The third kappa shape index (κ3) is 5.57. The van der Waals surface area contributed by atoms with Crippen LogP contribution < -0.4 is 0 Å². The van der Waals surface area contributed by atoms with Crippen molar-refractivity contribution < 1.29 is 0 Å². The van der Waals surface area contributed by atoms with E-state index in [2.05, 4.69) is 232 Å². The maximum absolute atomic E-state index is 5.45. The molecule has 0 fully saturated rings. The maximum atomic E-state index is 5.45. The minimum Gasteiger partial charge on any atom is -0.309 e. The molecule has 0 saturated carbocycles. The predicted molar refractivity (Wildman–Crippen MR) is 261 cm³/mol. The number of benzene rings is 9. The Kier molecular flexibility index (Phi) is 7.84. The Labute approximate surface area is 363 Å². The summed E-state index contributed by atoms with van der Waals surface area (Å²) in [6, 6.07) is 80.2. The van der Waals surface area contributed by atoms with Crippen LogP contribution in [0.5, 0.6) is 0 Å². The van der Waals surface area contributed by atoms with Crippen LogP contribution in [0.4, 0.5) is 0 Å². The zero-order chi connectivity index (χ0) is 41.4. The largest absolute Gasteiger partial charge is 0.309 e. The molecule has 13 aromatic rings. The molecule has 0 aliphatic rings. The fourth-order valence-electron chi connectivity index (χ4n) is 9.85. The highest BCUT2D eigenvalue weighted by Crippen LogP contribution is 2.39. The molecular weight excluding hydrogens is 767 g/mol. The molecule has 0 amide bonds. The fraction of sp³-hybridized carbons (Fsp3) is 0. The number of rotatable bonds is 6. The highest BCUT2D eigenvalue weighted by atomic mass is 15.0. The number of fused-ring (bicyclic) bond motifs is 9. The fourth-order valence-corrected chi connectivity index (χ4v) is 9.85. The van der Waals surface area contributed by atoms with Crippen LogP contribution in [0.2, 0.25) is 0 Å². The van der Waals surface area contributed by atoms with Gasteiger partial charge in [0.2, 0.25) is 0 Å². The van der Waals surface area contributed by atoms with Gasteiger partial charge in [0.1, 0.15) is 0 Å². The van der Waals surface area contributed by atoms with Crippen molar-refractivity contribution in [1.82, 2.24) is 23.7 Å². The third-order valence-corrected chi connectivity index (χ3v) is 12.6. The van der Waals surface area contributed by atoms with E-state index in [-0.39, 0.29) is 0 Å². The zero-order valence-electron chi connectivity index (χ0n) is 34.1. The van der Waals surface area contributed by atoms with Gasteiger partial charge in [0.15, 0.2) is 5.82 Å². The van der Waals surface area contributed by atoms with Crippen molar-refractivity contribution >= 4 is 65.4 Å². The van der Waals surface area contributed by atoms with Gasteiger partial charge in [0, 0.05) is 66.1 Å². The lowest BCUT2D eigenvalue weighted by Gasteiger charge is -2.16. The molecule has 4 heterocycles. The molecule has 13 rings (SSSR count). The highest BCUT2D eigenvalue weighted by molar-refractivity contribution is 6.11. The summed E-state index contributed by atoms with van der Waals surface area (Å²) in [5.41, 5.74) is 14.8. The molecule has 294 valence electrons. The molecule has 0 aliphatic carbocycles. The Balaban J connectivity index is 1.05. The molecule has 5 nitrogen and oxygen atoms in total. The van der Waals surface area contributed by atoms with Crippen LogP contribution in [0.25, 0.3) is 116 Å². The molecule has 0 unspecified atom stereocenters. The Morgan fingerprint density at radius 2 is 0.556 bits per heavy atom. The molecule has 0 spiro atoms. The topological polar surface area (TPSA) is 40.6 Å². The standard InChI is InChI=1S/C58H37N5/c1-2-16-38(17-3-1)50-37-51(39-30-32-41(33-31-39)61-52-24-10-4-18-44(52)45-19-5-11-25-53(45)61)60-58(59-50)40-34-42(62-54-26-12-6-20-46(54)47-21-7-13-27-55(47)62)36-43(35-40)63-56-28-14-8-22-48(56)49-23-9-15-29-57(49)63/h1-37H. The summed E-state index contributed by atoms with van der Waals surface area (Å²) in [7, 11) is 0. The van der Waals surface area contributed by atoms with Crippen LogP contribution in [-0.4, -0.2) is 23.7 Å². The average molecular weight is 804 g/mol. The van der Waals surface area contributed by atoms with E-state index in [0.717, 1.165) is 67.2 Å². The molecule has 5 heteroatoms. The van der Waals surface area contributed by atoms with Gasteiger partial charge in [-0.3, -0.25) is 0 Å². The Morgan fingerprint density at radius 1 is 0.238 bits per heavy atom. The Hall–Kier alpha value is -8.54. The quantitative estimate of drug-likeness (QED) is 0.168. The van der Waals surface area contributed by atoms with Gasteiger partial charge >= 0.3 is 0 Å². The second-order valence-corrected chi connectivity index (χ2v) is 16.2. The first-order valence-electron chi connectivity index (χ1n) is 21.4. The molecule has 0 N–H and O–H groups in total. The summed E-state index contributed by atoms with van der Waals surface area (Å²) < 4.78 is 7.13. The van der Waals surface area contributed by atoms with E-state index in [9.17, 15) is 0 Å². The van der Waals surface area contributed by atoms with E-state index in [4.69, 9.17) is 9.97 Å². The van der Waals surface area contributed by atoms with Gasteiger partial charge in [-0.15, -0.1) is 0 Å². The van der Waals surface area contributed by atoms with Crippen molar-refractivity contribution in [3.05, 3.63) is 224 Å². The summed E-state index contributed by atoms with van der Waals surface area (Å²) in [6.07, 6.45) is 0. The zero-order valence-corrected chi connectivity index (χ0v) is 34.1.